The number of aryl methyl sites for hydroxylation is 2. The smallest absolute Gasteiger partial charge is 0.159 e. The maximum atomic E-state index is 6.18. The molecular formula is C15H18N4. The first kappa shape index (κ1) is 12.2. The minimum Gasteiger partial charge on any atom is -0.324 e. The van der Waals surface area contributed by atoms with Crippen molar-refractivity contribution in [3.05, 3.63) is 41.5 Å². The van der Waals surface area contributed by atoms with Gasteiger partial charge >= 0.3 is 0 Å². The van der Waals surface area contributed by atoms with Gasteiger partial charge in [-0.3, -0.25) is 4.98 Å². The molecule has 19 heavy (non-hydrogen) atoms. The molecule has 4 heteroatoms. The summed E-state index contributed by atoms with van der Waals surface area (Å²) in [6, 6.07) is 2.05. The van der Waals surface area contributed by atoms with Gasteiger partial charge in [-0.25, -0.2) is 9.97 Å². The van der Waals surface area contributed by atoms with Gasteiger partial charge in [0.15, 0.2) is 5.82 Å². The third-order valence-electron chi connectivity index (χ3n) is 3.74. The van der Waals surface area contributed by atoms with Crippen LogP contribution in [0.4, 0.5) is 0 Å². The molecule has 0 bridgehead atoms. The Kier molecular flexibility index (Phi) is 3.25. The van der Waals surface area contributed by atoms with Gasteiger partial charge in [0.2, 0.25) is 0 Å². The number of aromatic nitrogens is 3. The first-order valence-corrected chi connectivity index (χ1v) is 6.78. The van der Waals surface area contributed by atoms with Crippen LogP contribution in [0, 0.1) is 6.92 Å². The van der Waals surface area contributed by atoms with E-state index in [0.717, 1.165) is 47.5 Å². The molecule has 2 heterocycles. The fraction of sp³-hybridized carbons (Fsp3) is 0.400. The molecule has 2 aromatic heterocycles. The molecule has 1 unspecified atom stereocenters. The largest absolute Gasteiger partial charge is 0.324 e. The maximum absolute atomic E-state index is 6.18. The van der Waals surface area contributed by atoms with Crippen molar-refractivity contribution >= 4 is 0 Å². The molecule has 3 rings (SSSR count). The molecule has 0 spiro atoms. The zero-order valence-corrected chi connectivity index (χ0v) is 11.1. The Balaban J connectivity index is 2.06. The lowest BCUT2D eigenvalue weighted by Gasteiger charge is -2.12. The highest BCUT2D eigenvalue weighted by molar-refractivity contribution is 5.59. The number of hydrogen-bond donors (Lipinski definition) is 1. The van der Waals surface area contributed by atoms with Crippen molar-refractivity contribution < 1.29 is 0 Å². The summed E-state index contributed by atoms with van der Waals surface area (Å²) in [6.45, 7) is 2.03. The summed E-state index contributed by atoms with van der Waals surface area (Å²) in [5.41, 5.74) is 10.6. The predicted molar refractivity (Wildman–Crippen MR) is 74.5 cm³/mol. The third-order valence-corrected chi connectivity index (χ3v) is 3.74. The van der Waals surface area contributed by atoms with Crippen LogP contribution < -0.4 is 5.73 Å². The quantitative estimate of drug-likeness (QED) is 0.794. The van der Waals surface area contributed by atoms with E-state index in [2.05, 4.69) is 9.97 Å². The molecule has 0 aromatic carbocycles. The highest BCUT2D eigenvalue weighted by Crippen LogP contribution is 2.27. The number of nitrogens with zero attached hydrogens (tertiary/aromatic N) is 3. The number of rotatable bonds is 1. The van der Waals surface area contributed by atoms with Gasteiger partial charge < -0.3 is 5.73 Å². The zero-order chi connectivity index (χ0) is 13.2. The molecule has 98 valence electrons. The molecule has 0 aliphatic heterocycles. The molecule has 0 amide bonds. The normalized spacial score (nSPS) is 18.7. The predicted octanol–water partition coefficient (Wildman–Crippen LogP) is 2.57. The second-order valence-corrected chi connectivity index (χ2v) is 5.14. The molecule has 0 fully saturated rings. The van der Waals surface area contributed by atoms with E-state index in [-0.39, 0.29) is 6.04 Å². The van der Waals surface area contributed by atoms with E-state index in [1.807, 2.05) is 25.4 Å². The Morgan fingerprint density at radius 2 is 2.16 bits per heavy atom. The molecule has 0 saturated heterocycles. The first-order chi connectivity index (χ1) is 9.25. The molecule has 1 atom stereocenters. The zero-order valence-electron chi connectivity index (χ0n) is 11.1. The fourth-order valence-corrected chi connectivity index (χ4v) is 2.60. The van der Waals surface area contributed by atoms with E-state index in [9.17, 15) is 0 Å². The number of nitrogens with two attached hydrogens (primary N) is 1. The van der Waals surface area contributed by atoms with Crippen LogP contribution in [0.3, 0.4) is 0 Å². The SMILES string of the molecule is Cc1cnccc1-c1ncc2c(n1)CCCCC2N. The van der Waals surface area contributed by atoms with E-state index in [0.29, 0.717) is 0 Å². The van der Waals surface area contributed by atoms with Crippen molar-refractivity contribution in [2.75, 3.05) is 0 Å². The van der Waals surface area contributed by atoms with Gasteiger partial charge in [-0.1, -0.05) is 6.42 Å². The molecule has 1 aliphatic carbocycles. The molecule has 0 radical (unpaired) electrons. The second-order valence-electron chi connectivity index (χ2n) is 5.14. The number of fused-ring (bicyclic) bond motifs is 1. The van der Waals surface area contributed by atoms with E-state index >= 15 is 0 Å². The molecule has 2 N–H and O–H groups in total. The van der Waals surface area contributed by atoms with E-state index in [4.69, 9.17) is 10.7 Å². The Morgan fingerprint density at radius 3 is 3.00 bits per heavy atom. The van der Waals surface area contributed by atoms with Gasteiger partial charge in [0, 0.05) is 41.5 Å². The summed E-state index contributed by atoms with van der Waals surface area (Å²) in [4.78, 5) is 13.3. The molecule has 4 nitrogen and oxygen atoms in total. The van der Waals surface area contributed by atoms with Crippen molar-refractivity contribution in [2.24, 2.45) is 5.73 Å². The minimum atomic E-state index is 0.0880. The Bertz CT molecular complexity index is 594. The summed E-state index contributed by atoms with van der Waals surface area (Å²) >= 11 is 0. The van der Waals surface area contributed by atoms with Crippen molar-refractivity contribution in [3.63, 3.8) is 0 Å². The molecule has 0 saturated carbocycles. The number of pyridine rings is 1. The standard InChI is InChI=1S/C15H18N4/c1-10-8-17-7-6-11(10)15-18-9-12-13(16)4-2-3-5-14(12)19-15/h6-9,13H,2-5,16H2,1H3. The van der Waals surface area contributed by atoms with Gasteiger partial charge in [-0.05, 0) is 37.8 Å². The average Bonchev–Trinajstić information content (AvgIpc) is 2.61. The van der Waals surface area contributed by atoms with Crippen LogP contribution in [-0.4, -0.2) is 15.0 Å². The monoisotopic (exact) mass is 254 g/mol. The molecule has 2 aromatic rings. The highest BCUT2D eigenvalue weighted by Gasteiger charge is 2.18. The van der Waals surface area contributed by atoms with Crippen LogP contribution in [0.1, 0.15) is 42.1 Å². The molecular weight excluding hydrogens is 236 g/mol. The van der Waals surface area contributed by atoms with Crippen molar-refractivity contribution in [1.29, 1.82) is 0 Å². The maximum Gasteiger partial charge on any atom is 0.159 e. The topological polar surface area (TPSA) is 64.7 Å². The minimum absolute atomic E-state index is 0.0880. The van der Waals surface area contributed by atoms with Gasteiger partial charge in [-0.15, -0.1) is 0 Å². The summed E-state index contributed by atoms with van der Waals surface area (Å²) in [6.07, 6.45) is 9.90. The first-order valence-electron chi connectivity index (χ1n) is 6.78. The van der Waals surface area contributed by atoms with Crippen LogP contribution in [0.15, 0.2) is 24.7 Å². The Hall–Kier alpha value is -1.81. The second kappa shape index (κ2) is 5.05. The van der Waals surface area contributed by atoms with Crippen LogP contribution in [0.25, 0.3) is 11.4 Å². The van der Waals surface area contributed by atoms with Crippen molar-refractivity contribution in [2.45, 2.75) is 38.6 Å². The van der Waals surface area contributed by atoms with Gasteiger partial charge in [0.25, 0.3) is 0 Å². The van der Waals surface area contributed by atoms with E-state index in [1.54, 1.807) is 6.20 Å². The summed E-state index contributed by atoms with van der Waals surface area (Å²) in [5.74, 6) is 0.785. The van der Waals surface area contributed by atoms with Gasteiger partial charge in [0.05, 0.1) is 0 Å². The van der Waals surface area contributed by atoms with Crippen molar-refractivity contribution in [3.8, 4) is 11.4 Å². The van der Waals surface area contributed by atoms with Gasteiger partial charge in [0.1, 0.15) is 0 Å². The van der Waals surface area contributed by atoms with Crippen LogP contribution in [0.5, 0.6) is 0 Å². The van der Waals surface area contributed by atoms with Crippen LogP contribution in [0.2, 0.25) is 0 Å². The van der Waals surface area contributed by atoms with Crippen LogP contribution in [-0.2, 0) is 6.42 Å². The lowest BCUT2D eigenvalue weighted by Crippen LogP contribution is -2.12. The lowest BCUT2D eigenvalue weighted by atomic mass is 10.1. The Labute approximate surface area is 113 Å². The van der Waals surface area contributed by atoms with Crippen molar-refractivity contribution in [1.82, 2.24) is 15.0 Å². The Morgan fingerprint density at radius 1 is 1.26 bits per heavy atom. The summed E-state index contributed by atoms with van der Waals surface area (Å²) in [5, 5.41) is 0. The lowest BCUT2D eigenvalue weighted by molar-refractivity contribution is 0.614. The van der Waals surface area contributed by atoms with E-state index < -0.39 is 0 Å². The van der Waals surface area contributed by atoms with E-state index in [1.165, 1.54) is 6.42 Å². The highest BCUT2D eigenvalue weighted by atomic mass is 14.9. The average molecular weight is 254 g/mol. The molecule has 1 aliphatic rings. The fourth-order valence-electron chi connectivity index (χ4n) is 2.60. The summed E-state index contributed by atoms with van der Waals surface area (Å²) < 4.78 is 0. The van der Waals surface area contributed by atoms with Crippen LogP contribution >= 0.6 is 0 Å². The van der Waals surface area contributed by atoms with Gasteiger partial charge in [-0.2, -0.15) is 0 Å². The third kappa shape index (κ3) is 2.36. The summed E-state index contributed by atoms with van der Waals surface area (Å²) in [7, 11) is 0. The number of hydrogen-bond acceptors (Lipinski definition) is 4.